The van der Waals surface area contributed by atoms with E-state index < -0.39 is 11.8 Å². The smallest absolute Gasteiger partial charge is 0.329 e. The summed E-state index contributed by atoms with van der Waals surface area (Å²) in [5, 5.41) is 7.09. The first-order chi connectivity index (χ1) is 14.9. The van der Waals surface area contributed by atoms with Gasteiger partial charge in [0.2, 0.25) is 0 Å². The Hall–Kier alpha value is -3.64. The minimum atomic E-state index is -0.867. The third-order valence-electron chi connectivity index (χ3n) is 4.57. The predicted octanol–water partition coefficient (Wildman–Crippen LogP) is 4.62. The molecule has 0 saturated carbocycles. The molecule has 0 aliphatic carbocycles. The first kappa shape index (κ1) is 22.1. The zero-order valence-corrected chi connectivity index (χ0v) is 17.9. The number of para-hydroxylation sites is 1. The maximum absolute atomic E-state index is 12.1. The van der Waals surface area contributed by atoms with Crippen molar-refractivity contribution in [2.24, 2.45) is 5.10 Å². The highest BCUT2D eigenvalue weighted by Gasteiger charge is 2.13. The number of aryl methyl sites for hydroxylation is 2. The van der Waals surface area contributed by atoms with Gasteiger partial charge in [0.25, 0.3) is 0 Å². The van der Waals surface area contributed by atoms with Gasteiger partial charge < -0.3 is 10.1 Å². The molecule has 0 unspecified atom stereocenters. The maximum atomic E-state index is 12.1. The van der Waals surface area contributed by atoms with Crippen LogP contribution in [-0.2, 0) is 16.2 Å². The fourth-order valence-corrected chi connectivity index (χ4v) is 2.80. The molecule has 0 aliphatic heterocycles. The molecule has 0 aromatic heterocycles. The van der Waals surface area contributed by atoms with Crippen LogP contribution in [0, 0.1) is 13.8 Å². The number of halogens is 1. The molecule has 2 amide bonds. The van der Waals surface area contributed by atoms with Crippen LogP contribution in [0.1, 0.15) is 22.3 Å². The fraction of sp³-hybridized carbons (Fsp3) is 0.125. The lowest BCUT2D eigenvalue weighted by Crippen LogP contribution is -2.32. The van der Waals surface area contributed by atoms with Crippen molar-refractivity contribution in [1.29, 1.82) is 0 Å². The van der Waals surface area contributed by atoms with Crippen LogP contribution in [0.15, 0.2) is 71.8 Å². The maximum Gasteiger partial charge on any atom is 0.329 e. The zero-order chi connectivity index (χ0) is 22.2. The van der Waals surface area contributed by atoms with Gasteiger partial charge in [0.15, 0.2) is 0 Å². The van der Waals surface area contributed by atoms with Gasteiger partial charge in [0, 0.05) is 16.3 Å². The average Bonchev–Trinajstić information content (AvgIpc) is 2.76. The molecule has 0 fully saturated rings. The molecule has 3 rings (SSSR count). The van der Waals surface area contributed by atoms with E-state index in [9.17, 15) is 9.59 Å². The van der Waals surface area contributed by atoms with E-state index >= 15 is 0 Å². The van der Waals surface area contributed by atoms with E-state index in [-0.39, 0.29) is 0 Å². The molecule has 6 nitrogen and oxygen atoms in total. The summed E-state index contributed by atoms with van der Waals surface area (Å²) >= 11 is 5.90. The van der Waals surface area contributed by atoms with Gasteiger partial charge in [0.1, 0.15) is 12.4 Å². The normalized spacial score (nSPS) is 10.7. The van der Waals surface area contributed by atoms with Crippen LogP contribution < -0.4 is 15.5 Å². The van der Waals surface area contributed by atoms with E-state index in [1.165, 1.54) is 6.21 Å². The molecule has 2 N–H and O–H groups in total. The lowest BCUT2D eigenvalue weighted by atomic mass is 10.1. The summed E-state index contributed by atoms with van der Waals surface area (Å²) in [5.41, 5.74) is 6.53. The molecular weight excluding hydrogens is 414 g/mol. The zero-order valence-electron chi connectivity index (χ0n) is 17.2. The van der Waals surface area contributed by atoms with E-state index in [4.69, 9.17) is 16.3 Å². The quantitative estimate of drug-likeness (QED) is 0.336. The number of carbonyl (C=O) groups is 2. The van der Waals surface area contributed by atoms with Crippen LogP contribution in [0.5, 0.6) is 5.75 Å². The molecular formula is C24H22ClN3O3. The van der Waals surface area contributed by atoms with Crippen molar-refractivity contribution >= 4 is 35.3 Å². The number of benzene rings is 3. The Morgan fingerprint density at radius 1 is 0.968 bits per heavy atom. The van der Waals surface area contributed by atoms with Crippen molar-refractivity contribution in [3.8, 4) is 5.75 Å². The number of rotatable bonds is 6. The van der Waals surface area contributed by atoms with Gasteiger partial charge in [-0.25, -0.2) is 5.43 Å². The number of hydrogen-bond acceptors (Lipinski definition) is 4. The van der Waals surface area contributed by atoms with Crippen molar-refractivity contribution in [3.05, 3.63) is 94.0 Å². The minimum Gasteiger partial charge on any atom is -0.488 e. The Morgan fingerprint density at radius 3 is 2.45 bits per heavy atom. The summed E-state index contributed by atoms with van der Waals surface area (Å²) < 4.78 is 5.84. The van der Waals surface area contributed by atoms with Gasteiger partial charge in [-0.1, -0.05) is 41.9 Å². The second-order valence-electron chi connectivity index (χ2n) is 6.91. The SMILES string of the molecule is Cc1ccc(NC(=O)C(=O)N/N=C\c2ccccc2OCc2ccc(Cl)cc2)cc1C. The third kappa shape index (κ3) is 6.42. The number of ether oxygens (including phenoxy) is 1. The molecule has 0 saturated heterocycles. The summed E-state index contributed by atoms with van der Waals surface area (Å²) in [6.07, 6.45) is 1.43. The molecule has 0 atom stereocenters. The number of hydrazone groups is 1. The van der Waals surface area contributed by atoms with E-state index in [2.05, 4.69) is 15.8 Å². The molecule has 0 heterocycles. The highest BCUT2D eigenvalue weighted by Crippen LogP contribution is 2.18. The lowest BCUT2D eigenvalue weighted by Gasteiger charge is -2.09. The van der Waals surface area contributed by atoms with Gasteiger partial charge in [-0.15, -0.1) is 0 Å². The molecule has 0 bridgehead atoms. The molecule has 3 aromatic carbocycles. The largest absolute Gasteiger partial charge is 0.488 e. The van der Waals surface area contributed by atoms with Crippen LogP contribution in [0.25, 0.3) is 0 Å². The summed E-state index contributed by atoms with van der Waals surface area (Å²) in [6.45, 7) is 4.26. The Labute approximate surface area is 185 Å². The topological polar surface area (TPSA) is 79.8 Å². The molecule has 31 heavy (non-hydrogen) atoms. The summed E-state index contributed by atoms with van der Waals surface area (Å²) in [4.78, 5) is 24.1. The number of nitrogens with zero attached hydrogens (tertiary/aromatic N) is 1. The number of nitrogens with one attached hydrogen (secondary N) is 2. The Balaban J connectivity index is 1.57. The van der Waals surface area contributed by atoms with E-state index in [0.29, 0.717) is 28.6 Å². The van der Waals surface area contributed by atoms with Gasteiger partial charge in [0.05, 0.1) is 6.21 Å². The van der Waals surface area contributed by atoms with Gasteiger partial charge in [-0.05, 0) is 66.9 Å². The number of amides is 2. The number of carbonyl (C=O) groups excluding carboxylic acids is 2. The molecule has 0 spiro atoms. The van der Waals surface area contributed by atoms with Gasteiger partial charge in [-0.3, -0.25) is 9.59 Å². The summed E-state index contributed by atoms with van der Waals surface area (Å²) in [7, 11) is 0. The monoisotopic (exact) mass is 435 g/mol. The molecule has 0 radical (unpaired) electrons. The fourth-order valence-electron chi connectivity index (χ4n) is 2.68. The molecule has 0 aliphatic rings. The van der Waals surface area contributed by atoms with Crippen molar-refractivity contribution in [2.75, 3.05) is 5.32 Å². The van der Waals surface area contributed by atoms with Crippen molar-refractivity contribution in [3.63, 3.8) is 0 Å². The Kier molecular flexibility index (Phi) is 7.40. The van der Waals surface area contributed by atoms with E-state index in [1.54, 1.807) is 36.4 Å². The predicted molar refractivity (Wildman–Crippen MR) is 123 cm³/mol. The Morgan fingerprint density at radius 2 is 1.71 bits per heavy atom. The van der Waals surface area contributed by atoms with Crippen molar-refractivity contribution in [2.45, 2.75) is 20.5 Å². The van der Waals surface area contributed by atoms with Crippen LogP contribution in [-0.4, -0.2) is 18.0 Å². The summed E-state index contributed by atoms with van der Waals surface area (Å²) in [5.74, 6) is -1.07. The standard InChI is InChI=1S/C24H22ClN3O3/c1-16-7-12-21(13-17(16)2)27-23(29)24(30)28-26-14-19-5-3-4-6-22(19)31-15-18-8-10-20(25)11-9-18/h3-14H,15H2,1-2H3,(H,27,29)(H,28,30)/b26-14-. The van der Waals surface area contributed by atoms with Crippen LogP contribution >= 0.6 is 11.6 Å². The van der Waals surface area contributed by atoms with Gasteiger partial charge >= 0.3 is 11.8 Å². The number of hydrogen-bond donors (Lipinski definition) is 2. The van der Waals surface area contributed by atoms with E-state index in [0.717, 1.165) is 16.7 Å². The summed E-state index contributed by atoms with van der Waals surface area (Å²) in [6, 6.07) is 20.0. The first-order valence-corrected chi connectivity index (χ1v) is 9.98. The van der Waals surface area contributed by atoms with E-state index in [1.807, 2.05) is 44.2 Å². The second kappa shape index (κ2) is 10.4. The average molecular weight is 436 g/mol. The van der Waals surface area contributed by atoms with Crippen LogP contribution in [0.3, 0.4) is 0 Å². The highest BCUT2D eigenvalue weighted by molar-refractivity contribution is 6.39. The minimum absolute atomic E-state index is 0.354. The van der Waals surface area contributed by atoms with Crippen molar-refractivity contribution in [1.82, 2.24) is 5.43 Å². The van der Waals surface area contributed by atoms with Crippen LogP contribution in [0.4, 0.5) is 5.69 Å². The molecule has 3 aromatic rings. The molecule has 158 valence electrons. The number of anilines is 1. The molecule has 7 heteroatoms. The second-order valence-corrected chi connectivity index (χ2v) is 7.34. The third-order valence-corrected chi connectivity index (χ3v) is 4.82. The van der Waals surface area contributed by atoms with Crippen molar-refractivity contribution < 1.29 is 14.3 Å². The lowest BCUT2D eigenvalue weighted by molar-refractivity contribution is -0.136. The first-order valence-electron chi connectivity index (χ1n) is 9.60. The Bertz CT molecular complexity index is 1110. The van der Waals surface area contributed by atoms with Gasteiger partial charge in [-0.2, -0.15) is 5.10 Å². The highest BCUT2D eigenvalue weighted by atomic mass is 35.5. The van der Waals surface area contributed by atoms with Crippen LogP contribution in [0.2, 0.25) is 5.02 Å².